The average Bonchev–Trinajstić information content (AvgIpc) is 2.69. The second-order valence-corrected chi connectivity index (χ2v) is 7.22. The van der Waals surface area contributed by atoms with Crippen LogP contribution in [0.25, 0.3) is 0 Å². The van der Waals surface area contributed by atoms with Crippen molar-refractivity contribution >= 4 is 10.0 Å². The Morgan fingerprint density at radius 2 is 1.74 bits per heavy atom. The van der Waals surface area contributed by atoms with E-state index in [2.05, 4.69) is 5.32 Å². The lowest BCUT2D eigenvalue weighted by Crippen LogP contribution is -2.21. The van der Waals surface area contributed by atoms with Crippen LogP contribution in [0.4, 0.5) is 0 Å². The number of aromatic hydroxyl groups is 2. The first-order chi connectivity index (χ1) is 10.9. The zero-order valence-electron chi connectivity index (χ0n) is 12.4. The van der Waals surface area contributed by atoms with Gasteiger partial charge < -0.3 is 15.5 Å². The summed E-state index contributed by atoms with van der Waals surface area (Å²) in [5.41, 5.74) is 2.80. The monoisotopic (exact) mass is 334 g/mol. The van der Waals surface area contributed by atoms with E-state index in [-0.39, 0.29) is 22.3 Å². The van der Waals surface area contributed by atoms with Crippen LogP contribution in [0.1, 0.15) is 22.6 Å². The Hall–Kier alpha value is -2.09. The van der Waals surface area contributed by atoms with Gasteiger partial charge in [-0.2, -0.15) is 0 Å². The molecule has 0 spiro atoms. The Morgan fingerprint density at radius 3 is 2.39 bits per heavy atom. The topological polar surface area (TPSA) is 113 Å². The van der Waals surface area contributed by atoms with Gasteiger partial charge in [-0.3, -0.25) is 0 Å². The average molecular weight is 334 g/mol. The number of primary sulfonamides is 1. The molecule has 0 radical (unpaired) electrons. The minimum absolute atomic E-state index is 0.0477. The largest absolute Gasteiger partial charge is 0.504 e. The lowest BCUT2D eigenvalue weighted by atomic mass is 9.88. The molecule has 5 N–H and O–H groups in total. The third-order valence-corrected chi connectivity index (χ3v) is 5.07. The van der Waals surface area contributed by atoms with Crippen molar-refractivity contribution in [2.24, 2.45) is 5.14 Å². The van der Waals surface area contributed by atoms with Crippen molar-refractivity contribution in [1.29, 1.82) is 0 Å². The zero-order valence-corrected chi connectivity index (χ0v) is 13.2. The summed E-state index contributed by atoms with van der Waals surface area (Å²) >= 11 is 0. The van der Waals surface area contributed by atoms with Crippen LogP contribution < -0.4 is 10.5 Å². The minimum Gasteiger partial charge on any atom is -0.504 e. The summed E-state index contributed by atoms with van der Waals surface area (Å²) in [5, 5.41) is 28.0. The second-order valence-electron chi connectivity index (χ2n) is 5.66. The lowest BCUT2D eigenvalue weighted by molar-refractivity contribution is 0.402. The van der Waals surface area contributed by atoms with Crippen molar-refractivity contribution in [3.05, 3.63) is 53.1 Å². The van der Waals surface area contributed by atoms with Gasteiger partial charge in [-0.15, -0.1) is 0 Å². The molecule has 0 amide bonds. The maximum absolute atomic E-state index is 11.4. The Morgan fingerprint density at radius 1 is 1.09 bits per heavy atom. The quantitative estimate of drug-likeness (QED) is 0.613. The number of nitrogens with two attached hydrogens (primary N) is 1. The smallest absolute Gasteiger partial charge is 0.238 e. The number of nitrogens with one attached hydrogen (secondary N) is 1. The van der Waals surface area contributed by atoms with Crippen LogP contribution in [-0.4, -0.2) is 31.7 Å². The van der Waals surface area contributed by atoms with E-state index < -0.39 is 10.0 Å². The Balaban J connectivity index is 2.05. The number of phenolic OH excluding ortho intramolecular Hbond substituents is 2. The second kappa shape index (κ2) is 5.84. The molecule has 0 bridgehead atoms. The van der Waals surface area contributed by atoms with E-state index in [1.807, 2.05) is 0 Å². The van der Waals surface area contributed by atoms with E-state index in [4.69, 9.17) is 5.14 Å². The molecule has 3 rings (SSSR count). The lowest BCUT2D eigenvalue weighted by Gasteiger charge is -2.19. The molecule has 1 heterocycles. The van der Waals surface area contributed by atoms with Crippen molar-refractivity contribution in [2.45, 2.75) is 17.2 Å². The molecule has 0 aromatic heterocycles. The first-order valence-corrected chi connectivity index (χ1v) is 8.79. The molecule has 1 aliphatic rings. The van der Waals surface area contributed by atoms with Crippen molar-refractivity contribution in [1.82, 2.24) is 5.32 Å². The van der Waals surface area contributed by atoms with Gasteiger partial charge in [0.1, 0.15) is 0 Å². The highest BCUT2D eigenvalue weighted by Gasteiger charge is 2.22. The highest BCUT2D eigenvalue weighted by molar-refractivity contribution is 7.89. The molecule has 0 aliphatic carbocycles. The van der Waals surface area contributed by atoms with Crippen LogP contribution >= 0.6 is 0 Å². The summed E-state index contributed by atoms with van der Waals surface area (Å²) in [4.78, 5) is 0.0663. The van der Waals surface area contributed by atoms with Crippen molar-refractivity contribution in [3.63, 3.8) is 0 Å². The minimum atomic E-state index is -3.72. The summed E-state index contributed by atoms with van der Waals surface area (Å²) in [6.45, 7) is 1.43. The molecule has 0 saturated heterocycles. The summed E-state index contributed by atoms with van der Waals surface area (Å²) in [7, 11) is -3.72. The molecular weight excluding hydrogens is 316 g/mol. The van der Waals surface area contributed by atoms with Crippen LogP contribution in [0.15, 0.2) is 41.3 Å². The predicted molar refractivity (Wildman–Crippen MR) is 86.0 cm³/mol. The van der Waals surface area contributed by atoms with Crippen molar-refractivity contribution in [3.8, 4) is 11.5 Å². The fourth-order valence-electron chi connectivity index (χ4n) is 2.94. The number of hydrogen-bond donors (Lipinski definition) is 4. The van der Waals surface area contributed by atoms with Gasteiger partial charge in [0.05, 0.1) is 4.90 Å². The maximum Gasteiger partial charge on any atom is 0.238 e. The van der Waals surface area contributed by atoms with Gasteiger partial charge in [0.15, 0.2) is 11.5 Å². The number of phenols is 2. The van der Waals surface area contributed by atoms with Crippen molar-refractivity contribution in [2.75, 3.05) is 13.1 Å². The molecule has 122 valence electrons. The number of hydrogen-bond acceptors (Lipinski definition) is 5. The summed E-state index contributed by atoms with van der Waals surface area (Å²) < 4.78 is 22.7. The fourth-order valence-corrected chi connectivity index (χ4v) is 3.46. The Kier molecular flexibility index (Phi) is 4.01. The van der Waals surface area contributed by atoms with Gasteiger partial charge in [0.25, 0.3) is 0 Å². The standard InChI is InChI=1S/C16H18N2O4S/c17-23(21,22)12-3-1-10(2-4-12)14-9-18-6-5-11-7-15(19)16(20)8-13(11)14/h1-4,7-8,14,18-20H,5-6,9H2,(H2,17,21,22). The normalized spacial score (nSPS) is 18.2. The van der Waals surface area contributed by atoms with E-state index in [1.54, 1.807) is 24.3 Å². The molecule has 7 heteroatoms. The number of sulfonamides is 1. The number of fused-ring (bicyclic) bond motifs is 1. The summed E-state index contributed by atoms with van der Waals surface area (Å²) in [6.07, 6.45) is 0.745. The van der Waals surface area contributed by atoms with Crippen LogP contribution in [0.3, 0.4) is 0 Å². The molecular formula is C16H18N2O4S. The van der Waals surface area contributed by atoms with Gasteiger partial charge in [-0.25, -0.2) is 13.6 Å². The third kappa shape index (κ3) is 3.17. The van der Waals surface area contributed by atoms with E-state index >= 15 is 0 Å². The highest BCUT2D eigenvalue weighted by atomic mass is 32.2. The predicted octanol–water partition coefficient (Wildman–Crippen LogP) is 1.02. The van der Waals surface area contributed by atoms with Gasteiger partial charge in [-0.1, -0.05) is 12.1 Å². The van der Waals surface area contributed by atoms with Crippen LogP contribution in [-0.2, 0) is 16.4 Å². The molecule has 2 aromatic carbocycles. The van der Waals surface area contributed by atoms with E-state index in [0.29, 0.717) is 6.54 Å². The molecule has 0 saturated carbocycles. The summed E-state index contributed by atoms with van der Waals surface area (Å²) in [5.74, 6) is -0.334. The zero-order chi connectivity index (χ0) is 16.6. The highest BCUT2D eigenvalue weighted by Crippen LogP contribution is 2.36. The molecule has 6 nitrogen and oxygen atoms in total. The SMILES string of the molecule is NS(=O)(=O)c1ccc(C2CNCCc3cc(O)c(O)cc32)cc1. The molecule has 2 aromatic rings. The third-order valence-electron chi connectivity index (χ3n) is 4.14. The molecule has 23 heavy (non-hydrogen) atoms. The van der Waals surface area contributed by atoms with E-state index in [9.17, 15) is 18.6 Å². The number of benzene rings is 2. The van der Waals surface area contributed by atoms with Crippen molar-refractivity contribution < 1.29 is 18.6 Å². The van der Waals surface area contributed by atoms with E-state index in [0.717, 1.165) is 29.7 Å². The van der Waals surface area contributed by atoms with Gasteiger partial charge in [0, 0.05) is 12.5 Å². The van der Waals surface area contributed by atoms with Crippen LogP contribution in [0.2, 0.25) is 0 Å². The van der Waals surface area contributed by atoms with Crippen LogP contribution in [0.5, 0.6) is 11.5 Å². The molecule has 0 fully saturated rings. The maximum atomic E-state index is 11.4. The van der Waals surface area contributed by atoms with E-state index in [1.165, 1.54) is 12.1 Å². The van der Waals surface area contributed by atoms with Gasteiger partial charge in [-0.05, 0) is 53.9 Å². The van der Waals surface area contributed by atoms with Crippen LogP contribution in [0, 0.1) is 0 Å². The van der Waals surface area contributed by atoms with Gasteiger partial charge in [0.2, 0.25) is 10.0 Å². The Bertz CT molecular complexity index is 832. The molecule has 1 unspecified atom stereocenters. The molecule has 1 atom stereocenters. The first-order valence-electron chi connectivity index (χ1n) is 7.24. The fraction of sp³-hybridized carbons (Fsp3) is 0.250. The van der Waals surface area contributed by atoms with Gasteiger partial charge >= 0.3 is 0 Å². The number of rotatable bonds is 2. The molecule has 1 aliphatic heterocycles. The first kappa shape index (κ1) is 15.8. The summed E-state index contributed by atoms with van der Waals surface area (Å²) in [6, 6.07) is 9.58. The Labute approximate surface area is 134 Å².